The van der Waals surface area contributed by atoms with Gasteiger partial charge in [-0.25, -0.2) is 0 Å². The predicted octanol–water partition coefficient (Wildman–Crippen LogP) is 5.47. The average molecular weight is 417 g/mol. The van der Waals surface area contributed by atoms with Gasteiger partial charge in [0, 0.05) is 11.8 Å². The average Bonchev–Trinajstić information content (AvgIpc) is 2.73. The van der Waals surface area contributed by atoms with Gasteiger partial charge in [-0.3, -0.25) is 4.79 Å². The van der Waals surface area contributed by atoms with Crippen LogP contribution in [0.3, 0.4) is 0 Å². The van der Waals surface area contributed by atoms with Crippen LogP contribution in [-0.2, 0) is 4.79 Å². The molecule has 0 aromatic heterocycles. The Balaban J connectivity index is 0. The fraction of sp³-hybridized carbons (Fsp3) is 0.875. The molecule has 4 N–H and O–H groups in total. The van der Waals surface area contributed by atoms with Crippen molar-refractivity contribution in [3.8, 4) is 0 Å². The summed E-state index contributed by atoms with van der Waals surface area (Å²) < 4.78 is 0. The van der Waals surface area contributed by atoms with Crippen molar-refractivity contribution in [2.45, 2.75) is 110 Å². The van der Waals surface area contributed by atoms with E-state index in [4.69, 9.17) is 20.4 Å². The van der Waals surface area contributed by atoms with Crippen molar-refractivity contribution in [2.75, 3.05) is 19.8 Å². The van der Waals surface area contributed by atoms with Crippen LogP contribution in [0.5, 0.6) is 0 Å². The molecule has 5 nitrogen and oxygen atoms in total. The fourth-order valence-corrected chi connectivity index (χ4v) is 2.83. The number of hydrogen-bond acceptors (Lipinski definition) is 4. The van der Waals surface area contributed by atoms with Gasteiger partial charge in [-0.1, -0.05) is 77.4 Å². The molecule has 0 bridgehead atoms. The highest BCUT2D eigenvalue weighted by atomic mass is 16.4. The predicted molar refractivity (Wildman–Crippen MR) is 121 cm³/mol. The molecule has 0 saturated carbocycles. The minimum absolute atomic E-state index is 0.156. The Morgan fingerprint density at radius 2 is 1.10 bits per heavy atom. The maximum atomic E-state index is 10.3. The molecule has 0 fully saturated rings. The number of carboxylic acid groups (broad SMARTS) is 1. The number of aliphatic carboxylic acids is 1. The molecule has 0 aromatic rings. The molecule has 5 heteroatoms. The van der Waals surface area contributed by atoms with E-state index in [-0.39, 0.29) is 19.8 Å². The van der Waals surface area contributed by atoms with Crippen molar-refractivity contribution in [3.63, 3.8) is 0 Å². The first kappa shape index (κ1) is 30.3. The second-order valence-electron chi connectivity index (χ2n) is 8.06. The summed E-state index contributed by atoms with van der Waals surface area (Å²) in [5.74, 6) is -0.664. The Bertz CT molecular complexity index is 347. The quantitative estimate of drug-likeness (QED) is 0.165. The van der Waals surface area contributed by atoms with Crippen LogP contribution in [0.15, 0.2) is 12.2 Å². The first-order valence-corrected chi connectivity index (χ1v) is 11.7. The minimum Gasteiger partial charge on any atom is -0.481 e. The molecule has 0 amide bonds. The first-order valence-electron chi connectivity index (χ1n) is 11.7. The highest BCUT2D eigenvalue weighted by Gasteiger charge is 2.24. The van der Waals surface area contributed by atoms with E-state index in [0.717, 1.165) is 12.8 Å². The van der Waals surface area contributed by atoms with Crippen LogP contribution < -0.4 is 0 Å². The molecule has 0 unspecified atom stereocenters. The van der Waals surface area contributed by atoms with Crippen LogP contribution in [0.2, 0.25) is 0 Å². The van der Waals surface area contributed by atoms with Crippen molar-refractivity contribution < 1.29 is 25.2 Å². The lowest BCUT2D eigenvalue weighted by Crippen LogP contribution is -2.32. The van der Waals surface area contributed by atoms with E-state index < -0.39 is 11.4 Å². The van der Waals surface area contributed by atoms with Crippen LogP contribution in [0.1, 0.15) is 110 Å². The van der Waals surface area contributed by atoms with E-state index in [0.29, 0.717) is 12.8 Å². The molecular weight excluding hydrogens is 368 g/mol. The molecule has 0 saturated heterocycles. The van der Waals surface area contributed by atoms with Gasteiger partial charge in [0.15, 0.2) is 0 Å². The summed E-state index contributed by atoms with van der Waals surface area (Å²) in [5, 5.41) is 34.5. The molecule has 0 aromatic carbocycles. The Morgan fingerprint density at radius 3 is 1.45 bits per heavy atom. The molecule has 0 spiro atoms. The lowest BCUT2D eigenvalue weighted by molar-refractivity contribution is -0.137. The molecule has 0 atom stereocenters. The summed E-state index contributed by atoms with van der Waals surface area (Å²) in [6.45, 7) is 3.61. The maximum Gasteiger partial charge on any atom is 0.303 e. The normalized spacial score (nSPS) is 11.5. The van der Waals surface area contributed by atoms with Gasteiger partial charge in [0.1, 0.15) is 0 Å². The molecule has 0 aliphatic heterocycles. The van der Waals surface area contributed by atoms with Crippen molar-refractivity contribution >= 4 is 5.97 Å². The Morgan fingerprint density at radius 1 is 0.690 bits per heavy atom. The monoisotopic (exact) mass is 416 g/mol. The third-order valence-corrected chi connectivity index (χ3v) is 5.41. The zero-order chi connectivity index (χ0) is 22.2. The zero-order valence-electron chi connectivity index (χ0n) is 19.1. The molecule has 29 heavy (non-hydrogen) atoms. The van der Waals surface area contributed by atoms with Gasteiger partial charge in [-0.15, -0.1) is 0 Å². The zero-order valence-corrected chi connectivity index (χ0v) is 19.1. The van der Waals surface area contributed by atoms with Crippen LogP contribution in [0, 0.1) is 5.41 Å². The summed E-state index contributed by atoms with van der Waals surface area (Å²) in [6, 6.07) is 0. The van der Waals surface area contributed by atoms with Gasteiger partial charge in [0.05, 0.1) is 19.8 Å². The van der Waals surface area contributed by atoms with Crippen molar-refractivity contribution in [2.24, 2.45) is 5.41 Å². The van der Waals surface area contributed by atoms with Crippen molar-refractivity contribution in [1.29, 1.82) is 0 Å². The van der Waals surface area contributed by atoms with Crippen molar-refractivity contribution in [3.05, 3.63) is 12.2 Å². The number of aliphatic hydroxyl groups excluding tert-OH is 3. The Hall–Kier alpha value is -0.910. The number of aliphatic hydroxyl groups is 3. The summed E-state index contributed by atoms with van der Waals surface area (Å²) in [4.78, 5) is 10.3. The van der Waals surface area contributed by atoms with Gasteiger partial charge in [0.25, 0.3) is 0 Å². The molecular formula is C24H48O5. The van der Waals surface area contributed by atoms with Crippen LogP contribution in [0.4, 0.5) is 0 Å². The van der Waals surface area contributed by atoms with Gasteiger partial charge in [0.2, 0.25) is 0 Å². The summed E-state index contributed by atoms with van der Waals surface area (Å²) >= 11 is 0. The number of allylic oxidation sites excluding steroid dienone is 2. The molecule has 174 valence electrons. The van der Waals surface area contributed by atoms with Gasteiger partial charge < -0.3 is 20.4 Å². The van der Waals surface area contributed by atoms with Gasteiger partial charge in [-0.2, -0.15) is 0 Å². The summed E-state index contributed by atoms with van der Waals surface area (Å²) in [7, 11) is 0. The van der Waals surface area contributed by atoms with E-state index in [1.165, 1.54) is 70.6 Å². The number of rotatable bonds is 19. The first-order chi connectivity index (χ1) is 14.0. The molecule has 0 rings (SSSR count). The SMILES string of the molecule is CCC(CO)(CO)CO.CCCCCCCCC=CCCCCCCCC(=O)O. The van der Waals surface area contributed by atoms with E-state index in [1.54, 1.807) is 0 Å². The van der Waals surface area contributed by atoms with Crippen LogP contribution >= 0.6 is 0 Å². The summed E-state index contributed by atoms with van der Waals surface area (Å²) in [5.41, 5.74) is -0.667. The maximum absolute atomic E-state index is 10.3. The summed E-state index contributed by atoms with van der Waals surface area (Å²) in [6.07, 6.45) is 21.8. The smallest absolute Gasteiger partial charge is 0.303 e. The number of unbranched alkanes of at least 4 members (excludes halogenated alkanes) is 11. The molecule has 0 heterocycles. The molecule has 0 aliphatic rings. The second kappa shape index (κ2) is 23.4. The van der Waals surface area contributed by atoms with Crippen LogP contribution in [-0.4, -0.2) is 46.2 Å². The number of carbonyl (C=O) groups is 1. The largest absolute Gasteiger partial charge is 0.481 e. The van der Waals surface area contributed by atoms with E-state index in [1.807, 2.05) is 6.92 Å². The minimum atomic E-state index is -0.667. The molecule has 0 aliphatic carbocycles. The van der Waals surface area contributed by atoms with E-state index in [2.05, 4.69) is 19.1 Å². The van der Waals surface area contributed by atoms with Crippen molar-refractivity contribution in [1.82, 2.24) is 0 Å². The highest BCUT2D eigenvalue weighted by molar-refractivity contribution is 5.66. The number of hydrogen-bond donors (Lipinski definition) is 4. The van der Waals surface area contributed by atoms with Gasteiger partial charge >= 0.3 is 5.97 Å². The fourth-order valence-electron chi connectivity index (χ4n) is 2.83. The standard InChI is InChI=1S/C18H34O2.C6H14O3/c1-2-3-4-5-6-7-8-9-10-11-12-13-14-15-16-17-18(19)20;1-2-6(3-7,4-8)5-9/h9-10H,2-8,11-17H2,1H3,(H,19,20);7-9H,2-5H2,1H3. The second-order valence-corrected chi connectivity index (χ2v) is 8.06. The third kappa shape index (κ3) is 21.6. The van der Waals surface area contributed by atoms with Crippen LogP contribution in [0.25, 0.3) is 0 Å². The van der Waals surface area contributed by atoms with E-state index in [9.17, 15) is 4.79 Å². The lowest BCUT2D eigenvalue weighted by atomic mass is 9.88. The highest BCUT2D eigenvalue weighted by Crippen LogP contribution is 2.18. The van der Waals surface area contributed by atoms with Gasteiger partial charge in [-0.05, 0) is 38.5 Å². The topological polar surface area (TPSA) is 98.0 Å². The number of carboxylic acids is 1. The van der Waals surface area contributed by atoms with E-state index >= 15 is 0 Å². The molecule has 0 radical (unpaired) electrons. The Labute approximate surface area is 179 Å². The lowest BCUT2D eigenvalue weighted by Gasteiger charge is -2.24. The Kier molecular flexibility index (Phi) is 24.4. The third-order valence-electron chi connectivity index (χ3n) is 5.41.